The summed E-state index contributed by atoms with van der Waals surface area (Å²) in [5.41, 5.74) is 6.53. The number of nitrogens with two attached hydrogens (primary N) is 2. The van der Waals surface area contributed by atoms with E-state index in [4.69, 9.17) is 10.9 Å². The summed E-state index contributed by atoms with van der Waals surface area (Å²) in [6.45, 7) is 1.65. The van der Waals surface area contributed by atoms with Gasteiger partial charge in [-0.1, -0.05) is 0 Å². The fourth-order valence-corrected chi connectivity index (χ4v) is 1.76. The van der Waals surface area contributed by atoms with Crippen LogP contribution in [0, 0.1) is 6.92 Å². The van der Waals surface area contributed by atoms with Crippen molar-refractivity contribution in [2.24, 2.45) is 5.14 Å². The van der Waals surface area contributed by atoms with Crippen molar-refractivity contribution >= 4 is 15.7 Å². The minimum atomic E-state index is -3.61. The molecule has 0 unspecified atom stereocenters. The van der Waals surface area contributed by atoms with Gasteiger partial charge in [0.1, 0.15) is 0 Å². The number of aryl methyl sites for hydroxylation is 1. The molecule has 66 valence electrons. The topological polar surface area (TPSA) is 86.2 Å². The Kier molecular flexibility index (Phi) is 2.08. The highest BCUT2D eigenvalue weighted by molar-refractivity contribution is 7.89. The molecule has 0 heterocycles. The number of nitrogen functional groups attached to an aromatic ring is 1. The van der Waals surface area contributed by atoms with Crippen LogP contribution in [0.4, 0.5) is 5.69 Å². The zero-order valence-corrected chi connectivity index (χ0v) is 7.43. The molecule has 0 fully saturated rings. The largest absolute Gasteiger partial charge is 0.399 e. The van der Waals surface area contributed by atoms with Crippen LogP contribution >= 0.6 is 0 Å². The van der Waals surface area contributed by atoms with Gasteiger partial charge in [-0.2, -0.15) is 0 Å². The minimum Gasteiger partial charge on any atom is -0.399 e. The van der Waals surface area contributed by atoms with Crippen LogP contribution in [0.15, 0.2) is 23.1 Å². The zero-order valence-electron chi connectivity index (χ0n) is 6.61. The van der Waals surface area contributed by atoms with Gasteiger partial charge in [-0.15, -0.1) is 0 Å². The lowest BCUT2D eigenvalue weighted by Crippen LogP contribution is -2.13. The van der Waals surface area contributed by atoms with Crippen molar-refractivity contribution in [3.8, 4) is 0 Å². The van der Waals surface area contributed by atoms with Crippen LogP contribution in [-0.2, 0) is 10.0 Å². The molecule has 1 aromatic rings. The summed E-state index contributed by atoms with van der Waals surface area (Å²) in [5.74, 6) is 0. The number of anilines is 1. The van der Waals surface area contributed by atoms with Gasteiger partial charge in [0.2, 0.25) is 10.0 Å². The van der Waals surface area contributed by atoms with Crippen molar-refractivity contribution in [1.29, 1.82) is 0 Å². The third-order valence-electron chi connectivity index (χ3n) is 1.51. The second-order valence-corrected chi connectivity index (χ2v) is 4.10. The Morgan fingerprint density at radius 3 is 2.33 bits per heavy atom. The van der Waals surface area contributed by atoms with E-state index in [1.54, 1.807) is 13.0 Å². The van der Waals surface area contributed by atoms with Crippen molar-refractivity contribution < 1.29 is 8.42 Å². The highest BCUT2D eigenvalue weighted by Crippen LogP contribution is 2.15. The second-order valence-electron chi connectivity index (χ2n) is 2.57. The number of sulfonamides is 1. The van der Waals surface area contributed by atoms with Gasteiger partial charge in [-0.25, -0.2) is 13.6 Å². The van der Waals surface area contributed by atoms with E-state index in [0.717, 1.165) is 0 Å². The van der Waals surface area contributed by atoms with Crippen LogP contribution in [0.2, 0.25) is 0 Å². The van der Waals surface area contributed by atoms with Gasteiger partial charge < -0.3 is 5.73 Å². The Morgan fingerprint density at radius 1 is 1.33 bits per heavy atom. The van der Waals surface area contributed by atoms with Crippen molar-refractivity contribution in [3.63, 3.8) is 0 Å². The van der Waals surface area contributed by atoms with E-state index >= 15 is 0 Å². The number of benzene rings is 1. The molecule has 4 nitrogen and oxygen atoms in total. The summed E-state index contributed by atoms with van der Waals surface area (Å²) in [6.07, 6.45) is 0. The summed E-state index contributed by atoms with van der Waals surface area (Å²) in [6, 6.07) is 4.48. The first kappa shape index (κ1) is 9.02. The van der Waals surface area contributed by atoms with E-state index in [1.807, 2.05) is 0 Å². The standard InChI is InChI=1S/C7H10N2O2S/c1-5-4-6(8)2-3-7(5)12(9,10)11/h2-4H,8H2,1H3,(H2,9,10,11). The van der Waals surface area contributed by atoms with Crippen LogP contribution in [-0.4, -0.2) is 8.42 Å². The monoisotopic (exact) mass is 186 g/mol. The van der Waals surface area contributed by atoms with Crippen molar-refractivity contribution in [2.45, 2.75) is 11.8 Å². The maximum Gasteiger partial charge on any atom is 0.238 e. The summed E-state index contributed by atoms with van der Waals surface area (Å²) < 4.78 is 21.8. The normalized spacial score (nSPS) is 11.5. The van der Waals surface area contributed by atoms with Crippen LogP contribution in [0.5, 0.6) is 0 Å². The molecule has 0 aromatic heterocycles. The fraction of sp³-hybridized carbons (Fsp3) is 0.143. The second kappa shape index (κ2) is 2.76. The molecule has 0 amide bonds. The summed E-state index contributed by atoms with van der Waals surface area (Å²) in [5, 5.41) is 4.94. The molecule has 4 N–H and O–H groups in total. The van der Waals surface area contributed by atoms with Gasteiger partial charge >= 0.3 is 0 Å². The quantitative estimate of drug-likeness (QED) is 0.615. The Labute approximate surface area is 71.2 Å². The van der Waals surface area contributed by atoms with Gasteiger partial charge in [0.25, 0.3) is 0 Å². The highest BCUT2D eigenvalue weighted by atomic mass is 32.2. The first-order valence-electron chi connectivity index (χ1n) is 3.30. The van der Waals surface area contributed by atoms with Crippen molar-refractivity contribution in [2.75, 3.05) is 5.73 Å². The van der Waals surface area contributed by atoms with Crippen LogP contribution < -0.4 is 10.9 Å². The number of hydrogen-bond acceptors (Lipinski definition) is 3. The molecule has 0 bridgehead atoms. The maximum absolute atomic E-state index is 10.9. The molecule has 0 radical (unpaired) electrons. The summed E-state index contributed by atoms with van der Waals surface area (Å²) in [4.78, 5) is 0.122. The molecule has 12 heavy (non-hydrogen) atoms. The van der Waals surface area contributed by atoms with Gasteiger partial charge in [0.15, 0.2) is 0 Å². The van der Waals surface area contributed by atoms with Crippen molar-refractivity contribution in [1.82, 2.24) is 0 Å². The molecule has 0 aliphatic carbocycles. The lowest BCUT2D eigenvalue weighted by Gasteiger charge is -2.02. The first-order chi connectivity index (χ1) is 5.41. The zero-order chi connectivity index (χ0) is 9.35. The SMILES string of the molecule is Cc1cc(N)ccc1S(N)(=O)=O. The molecule has 0 spiro atoms. The smallest absolute Gasteiger partial charge is 0.238 e. The number of rotatable bonds is 1. The lowest BCUT2D eigenvalue weighted by atomic mass is 10.2. The van der Waals surface area contributed by atoms with Gasteiger partial charge in [0, 0.05) is 5.69 Å². The van der Waals surface area contributed by atoms with Gasteiger partial charge in [-0.05, 0) is 30.7 Å². The van der Waals surface area contributed by atoms with E-state index in [0.29, 0.717) is 11.3 Å². The number of primary sulfonamides is 1. The predicted molar refractivity (Wildman–Crippen MR) is 47.0 cm³/mol. The van der Waals surface area contributed by atoms with E-state index in [1.165, 1.54) is 12.1 Å². The Morgan fingerprint density at radius 2 is 1.92 bits per heavy atom. The lowest BCUT2D eigenvalue weighted by molar-refractivity contribution is 0.597. The van der Waals surface area contributed by atoms with Crippen LogP contribution in [0.3, 0.4) is 0 Å². The molecular weight excluding hydrogens is 176 g/mol. The molecule has 0 aliphatic rings. The third-order valence-corrected chi connectivity index (χ3v) is 2.58. The number of hydrogen-bond donors (Lipinski definition) is 2. The molecule has 0 atom stereocenters. The van der Waals surface area contributed by atoms with Gasteiger partial charge in [-0.3, -0.25) is 0 Å². The molecule has 0 aliphatic heterocycles. The minimum absolute atomic E-state index is 0.122. The average molecular weight is 186 g/mol. The first-order valence-corrected chi connectivity index (χ1v) is 4.85. The van der Waals surface area contributed by atoms with E-state index in [-0.39, 0.29) is 4.90 Å². The summed E-state index contributed by atoms with van der Waals surface area (Å²) in [7, 11) is -3.61. The fourth-order valence-electron chi connectivity index (χ4n) is 0.992. The van der Waals surface area contributed by atoms with E-state index in [9.17, 15) is 8.42 Å². The summed E-state index contributed by atoms with van der Waals surface area (Å²) >= 11 is 0. The Bertz CT molecular complexity index is 398. The van der Waals surface area contributed by atoms with Crippen LogP contribution in [0.25, 0.3) is 0 Å². The van der Waals surface area contributed by atoms with Crippen molar-refractivity contribution in [3.05, 3.63) is 23.8 Å². The average Bonchev–Trinajstić information content (AvgIpc) is 1.83. The molecule has 0 saturated carbocycles. The maximum atomic E-state index is 10.9. The Balaban J connectivity index is 3.39. The third kappa shape index (κ3) is 1.75. The van der Waals surface area contributed by atoms with E-state index in [2.05, 4.69) is 0 Å². The molecular formula is C7H10N2O2S. The van der Waals surface area contributed by atoms with Crippen LogP contribution in [0.1, 0.15) is 5.56 Å². The molecule has 1 rings (SSSR count). The molecule has 5 heteroatoms. The Hall–Kier alpha value is -1.07. The predicted octanol–water partition coefficient (Wildman–Crippen LogP) is 0.225. The molecule has 0 saturated heterocycles. The molecule has 1 aromatic carbocycles. The van der Waals surface area contributed by atoms with Gasteiger partial charge in [0.05, 0.1) is 4.90 Å². The van der Waals surface area contributed by atoms with E-state index < -0.39 is 10.0 Å². The highest BCUT2D eigenvalue weighted by Gasteiger charge is 2.10.